The van der Waals surface area contributed by atoms with Crippen LogP contribution in [0, 0.1) is 5.92 Å². The van der Waals surface area contributed by atoms with Crippen LogP contribution in [-0.2, 0) is 6.54 Å². The molecular formula is C27H29N5. The molecule has 0 amide bonds. The van der Waals surface area contributed by atoms with Crippen LogP contribution in [-0.4, -0.2) is 44.6 Å². The van der Waals surface area contributed by atoms with Crippen molar-refractivity contribution in [2.24, 2.45) is 5.92 Å². The Balaban J connectivity index is 1.20. The SMILES string of the molecule is CC1C(Nc2ncc(-c3ccc4c(ccn4Cc4ccccc4)c3)cn2)C2CCN1CC2. The Labute approximate surface area is 189 Å². The number of rotatable bonds is 5. The second kappa shape index (κ2) is 8.06. The molecule has 32 heavy (non-hydrogen) atoms. The third-order valence-corrected chi connectivity index (χ3v) is 7.43. The van der Waals surface area contributed by atoms with Gasteiger partial charge in [-0.3, -0.25) is 4.90 Å². The first-order valence-electron chi connectivity index (χ1n) is 11.7. The number of anilines is 1. The number of hydrogen-bond donors (Lipinski definition) is 1. The molecule has 3 aliphatic rings. The number of hydrogen-bond acceptors (Lipinski definition) is 4. The Morgan fingerprint density at radius 3 is 2.47 bits per heavy atom. The van der Waals surface area contributed by atoms with E-state index in [1.54, 1.807) is 0 Å². The van der Waals surface area contributed by atoms with Gasteiger partial charge in [-0.25, -0.2) is 9.97 Å². The standard InChI is InChI=1S/C27H29N5/c1-19-26(21-9-12-31(19)13-10-21)30-27-28-16-24(17-29-27)22-7-8-25-23(15-22)11-14-32(25)18-20-5-3-2-4-6-20/h2-8,11,14-17,19,21,26H,9-10,12-13,18H2,1H3,(H,28,29,30). The quantitative estimate of drug-likeness (QED) is 0.488. The molecule has 1 N–H and O–H groups in total. The first kappa shape index (κ1) is 19.5. The van der Waals surface area contributed by atoms with Crippen LogP contribution in [0.25, 0.3) is 22.0 Å². The van der Waals surface area contributed by atoms with Crippen LogP contribution >= 0.6 is 0 Å². The zero-order chi connectivity index (χ0) is 21.5. The highest BCUT2D eigenvalue weighted by Gasteiger charge is 2.39. The van der Waals surface area contributed by atoms with E-state index in [1.165, 1.54) is 42.4 Å². The monoisotopic (exact) mass is 423 g/mol. The van der Waals surface area contributed by atoms with Crippen molar-refractivity contribution in [3.05, 3.63) is 78.8 Å². The van der Waals surface area contributed by atoms with E-state index >= 15 is 0 Å². The van der Waals surface area contributed by atoms with E-state index in [1.807, 2.05) is 12.4 Å². The van der Waals surface area contributed by atoms with E-state index in [2.05, 4.69) is 92.5 Å². The van der Waals surface area contributed by atoms with Gasteiger partial charge >= 0.3 is 0 Å². The van der Waals surface area contributed by atoms with Crippen molar-refractivity contribution in [3.63, 3.8) is 0 Å². The van der Waals surface area contributed by atoms with Gasteiger partial charge in [0.05, 0.1) is 0 Å². The van der Waals surface area contributed by atoms with Crippen LogP contribution in [0.15, 0.2) is 73.2 Å². The first-order valence-corrected chi connectivity index (χ1v) is 11.7. The van der Waals surface area contributed by atoms with Gasteiger partial charge in [0.2, 0.25) is 5.95 Å². The molecule has 5 nitrogen and oxygen atoms in total. The number of nitrogens with one attached hydrogen (secondary N) is 1. The van der Waals surface area contributed by atoms with Gasteiger partial charge in [0.25, 0.3) is 0 Å². The molecule has 3 fully saturated rings. The molecule has 0 radical (unpaired) electrons. The molecule has 0 spiro atoms. The van der Waals surface area contributed by atoms with Crippen molar-refractivity contribution in [1.82, 2.24) is 19.4 Å². The predicted octanol–water partition coefficient (Wildman–Crippen LogP) is 5.04. The van der Waals surface area contributed by atoms with Crippen LogP contribution in [0.5, 0.6) is 0 Å². The first-order chi connectivity index (χ1) is 15.7. The average molecular weight is 424 g/mol. The molecule has 0 saturated carbocycles. The summed E-state index contributed by atoms with van der Waals surface area (Å²) >= 11 is 0. The molecule has 2 aromatic carbocycles. The molecule has 5 heterocycles. The van der Waals surface area contributed by atoms with Crippen LogP contribution in [0.1, 0.15) is 25.3 Å². The maximum Gasteiger partial charge on any atom is 0.222 e. The number of piperidine rings is 3. The number of nitrogens with zero attached hydrogens (tertiary/aromatic N) is 4. The largest absolute Gasteiger partial charge is 0.350 e. The van der Waals surface area contributed by atoms with Crippen LogP contribution < -0.4 is 5.32 Å². The molecule has 3 aliphatic heterocycles. The van der Waals surface area contributed by atoms with Gasteiger partial charge < -0.3 is 9.88 Å². The van der Waals surface area contributed by atoms with Crippen molar-refractivity contribution in [2.75, 3.05) is 18.4 Å². The minimum atomic E-state index is 0.448. The van der Waals surface area contributed by atoms with Gasteiger partial charge in [0.15, 0.2) is 0 Å². The zero-order valence-corrected chi connectivity index (χ0v) is 18.5. The van der Waals surface area contributed by atoms with Gasteiger partial charge in [-0.05, 0) is 68.1 Å². The van der Waals surface area contributed by atoms with Gasteiger partial charge in [-0.15, -0.1) is 0 Å². The lowest BCUT2D eigenvalue weighted by Crippen LogP contribution is -2.59. The van der Waals surface area contributed by atoms with Gasteiger partial charge in [-0.2, -0.15) is 0 Å². The highest BCUT2D eigenvalue weighted by atomic mass is 15.2. The molecule has 2 atom stereocenters. The summed E-state index contributed by atoms with van der Waals surface area (Å²) in [7, 11) is 0. The minimum Gasteiger partial charge on any atom is -0.350 e. The summed E-state index contributed by atoms with van der Waals surface area (Å²) < 4.78 is 2.30. The molecule has 2 unspecified atom stereocenters. The number of aromatic nitrogens is 3. The van der Waals surface area contributed by atoms with E-state index in [0.717, 1.165) is 29.5 Å². The zero-order valence-electron chi connectivity index (χ0n) is 18.5. The van der Waals surface area contributed by atoms with E-state index in [9.17, 15) is 0 Å². The predicted molar refractivity (Wildman–Crippen MR) is 130 cm³/mol. The second-order valence-corrected chi connectivity index (χ2v) is 9.28. The highest BCUT2D eigenvalue weighted by Crippen LogP contribution is 2.33. The van der Waals surface area contributed by atoms with Crippen molar-refractivity contribution >= 4 is 16.9 Å². The molecule has 162 valence electrons. The lowest BCUT2D eigenvalue weighted by Gasteiger charge is -2.49. The molecule has 5 heteroatoms. The van der Waals surface area contributed by atoms with Crippen LogP contribution in [0.4, 0.5) is 5.95 Å². The van der Waals surface area contributed by atoms with E-state index in [0.29, 0.717) is 12.1 Å². The molecule has 3 saturated heterocycles. The van der Waals surface area contributed by atoms with Gasteiger partial charge in [0, 0.05) is 53.7 Å². The molecule has 7 rings (SSSR count). The van der Waals surface area contributed by atoms with Crippen molar-refractivity contribution in [2.45, 2.75) is 38.4 Å². The van der Waals surface area contributed by atoms with Crippen molar-refractivity contribution in [1.29, 1.82) is 0 Å². The molecular weight excluding hydrogens is 394 g/mol. The third-order valence-electron chi connectivity index (χ3n) is 7.43. The van der Waals surface area contributed by atoms with Gasteiger partial charge in [0.1, 0.15) is 0 Å². The number of fused-ring (bicyclic) bond motifs is 4. The second-order valence-electron chi connectivity index (χ2n) is 9.28. The smallest absolute Gasteiger partial charge is 0.222 e. The van der Waals surface area contributed by atoms with Crippen LogP contribution in [0.3, 0.4) is 0 Å². The molecule has 2 aromatic heterocycles. The molecule has 2 bridgehead atoms. The summed E-state index contributed by atoms with van der Waals surface area (Å²) in [6, 6.07) is 20.4. The van der Waals surface area contributed by atoms with E-state index in [4.69, 9.17) is 0 Å². The summed E-state index contributed by atoms with van der Waals surface area (Å²) in [4.78, 5) is 11.9. The summed E-state index contributed by atoms with van der Waals surface area (Å²) in [6.07, 6.45) is 8.63. The Morgan fingerprint density at radius 1 is 0.938 bits per heavy atom. The summed E-state index contributed by atoms with van der Waals surface area (Å²) in [5.74, 6) is 1.48. The Morgan fingerprint density at radius 2 is 1.72 bits per heavy atom. The topological polar surface area (TPSA) is 46.0 Å². The van der Waals surface area contributed by atoms with Crippen molar-refractivity contribution < 1.29 is 0 Å². The third kappa shape index (κ3) is 3.56. The lowest BCUT2D eigenvalue weighted by molar-refractivity contribution is 0.0455. The highest BCUT2D eigenvalue weighted by molar-refractivity contribution is 5.85. The normalized spacial score (nSPS) is 24.7. The fourth-order valence-electron chi connectivity index (χ4n) is 5.54. The minimum absolute atomic E-state index is 0.448. The summed E-state index contributed by atoms with van der Waals surface area (Å²) in [5, 5.41) is 4.87. The molecule has 4 aromatic rings. The fraction of sp³-hybridized carbons (Fsp3) is 0.333. The van der Waals surface area contributed by atoms with Gasteiger partial charge in [-0.1, -0.05) is 36.4 Å². The van der Waals surface area contributed by atoms with Crippen molar-refractivity contribution in [3.8, 4) is 11.1 Å². The lowest BCUT2D eigenvalue weighted by atomic mass is 9.79. The summed E-state index contributed by atoms with van der Waals surface area (Å²) in [5.41, 5.74) is 4.75. The van der Waals surface area contributed by atoms with E-state index in [-0.39, 0.29) is 0 Å². The Hall–Kier alpha value is -3.18. The maximum absolute atomic E-state index is 4.66. The Bertz CT molecular complexity index is 1200. The fourth-order valence-corrected chi connectivity index (χ4v) is 5.54. The number of benzene rings is 2. The van der Waals surface area contributed by atoms with Crippen LogP contribution in [0.2, 0.25) is 0 Å². The summed E-state index contributed by atoms with van der Waals surface area (Å²) in [6.45, 7) is 5.68. The maximum atomic E-state index is 4.66. The van der Waals surface area contributed by atoms with E-state index < -0.39 is 0 Å². The Kier molecular flexibility index (Phi) is 4.91. The molecule has 0 aliphatic carbocycles. The average Bonchev–Trinajstić information content (AvgIpc) is 3.24.